The van der Waals surface area contributed by atoms with Gasteiger partial charge in [0.05, 0.1) is 5.92 Å². The Bertz CT molecular complexity index is 481. The predicted molar refractivity (Wildman–Crippen MR) is 74.4 cm³/mol. The van der Waals surface area contributed by atoms with Crippen LogP contribution in [-0.4, -0.2) is 23.0 Å². The molecule has 0 aromatic carbocycles. The molecule has 5 heteroatoms. The summed E-state index contributed by atoms with van der Waals surface area (Å²) < 4.78 is 0. The van der Waals surface area contributed by atoms with Crippen molar-refractivity contribution in [2.24, 2.45) is 5.92 Å². The summed E-state index contributed by atoms with van der Waals surface area (Å²) in [4.78, 5) is 24.7. The van der Waals surface area contributed by atoms with Gasteiger partial charge in [0, 0.05) is 4.88 Å². The molecule has 0 saturated heterocycles. The van der Waals surface area contributed by atoms with Gasteiger partial charge in [0.15, 0.2) is 0 Å². The summed E-state index contributed by atoms with van der Waals surface area (Å²) >= 11 is 1.68. The monoisotopic (exact) mass is 281 g/mol. The van der Waals surface area contributed by atoms with Gasteiger partial charge in [-0.3, -0.25) is 4.79 Å². The second-order valence-corrected chi connectivity index (χ2v) is 6.31. The van der Waals surface area contributed by atoms with Crippen molar-refractivity contribution < 1.29 is 14.7 Å². The molecule has 1 unspecified atom stereocenters. The summed E-state index contributed by atoms with van der Waals surface area (Å²) in [5.74, 6) is -1.42. The molecule has 2 N–H and O–H groups in total. The molecule has 2 rings (SSSR count). The highest BCUT2D eigenvalue weighted by Crippen LogP contribution is 2.35. The van der Waals surface area contributed by atoms with Crippen LogP contribution in [0.4, 0.5) is 0 Å². The number of fused-ring (bicyclic) bond motifs is 1. The molecule has 1 heterocycles. The zero-order chi connectivity index (χ0) is 14.0. The van der Waals surface area contributed by atoms with E-state index < -0.39 is 12.0 Å². The lowest BCUT2D eigenvalue weighted by Gasteiger charge is -2.25. The minimum atomic E-state index is -0.968. The maximum Gasteiger partial charge on any atom is 0.326 e. The number of carboxylic acids is 1. The number of carbonyl (C=O) groups is 2. The van der Waals surface area contributed by atoms with Gasteiger partial charge in [-0.2, -0.15) is 0 Å². The quantitative estimate of drug-likeness (QED) is 0.890. The Labute approximate surface area is 116 Å². The summed E-state index contributed by atoms with van der Waals surface area (Å²) in [6, 6.07) is 1.19. The normalized spacial score (nSPS) is 19.8. The molecule has 0 bridgehead atoms. The molecule has 0 fully saturated rings. The van der Waals surface area contributed by atoms with Crippen molar-refractivity contribution in [3.8, 4) is 0 Å². The first-order valence-electron chi connectivity index (χ1n) is 6.60. The van der Waals surface area contributed by atoms with Gasteiger partial charge in [-0.05, 0) is 42.2 Å². The fourth-order valence-electron chi connectivity index (χ4n) is 2.53. The highest BCUT2D eigenvalue weighted by atomic mass is 32.1. The highest BCUT2D eigenvalue weighted by Gasteiger charge is 2.31. The first-order chi connectivity index (χ1) is 9.00. The van der Waals surface area contributed by atoms with E-state index in [4.69, 9.17) is 5.11 Å². The van der Waals surface area contributed by atoms with Crippen molar-refractivity contribution in [1.29, 1.82) is 0 Å². The topological polar surface area (TPSA) is 66.4 Å². The van der Waals surface area contributed by atoms with Crippen LogP contribution in [0.25, 0.3) is 0 Å². The van der Waals surface area contributed by atoms with Gasteiger partial charge in [-0.25, -0.2) is 4.79 Å². The Kier molecular flexibility index (Phi) is 4.24. The smallest absolute Gasteiger partial charge is 0.326 e. The van der Waals surface area contributed by atoms with Crippen LogP contribution in [0.5, 0.6) is 0 Å². The molecule has 1 aliphatic rings. The van der Waals surface area contributed by atoms with E-state index >= 15 is 0 Å². The molecule has 0 spiro atoms. The Hall–Kier alpha value is -1.36. The number of thiophene rings is 1. The van der Waals surface area contributed by atoms with Crippen molar-refractivity contribution in [2.75, 3.05) is 0 Å². The lowest BCUT2D eigenvalue weighted by atomic mass is 9.86. The fourth-order valence-corrected chi connectivity index (χ4v) is 3.51. The predicted octanol–water partition coefficient (Wildman–Crippen LogP) is 2.39. The number of carboxylic acid groups (broad SMARTS) is 1. The van der Waals surface area contributed by atoms with Crippen molar-refractivity contribution in [2.45, 2.75) is 45.1 Å². The number of rotatable bonds is 4. The minimum Gasteiger partial charge on any atom is -0.480 e. The summed E-state index contributed by atoms with van der Waals surface area (Å²) in [5, 5.41) is 13.8. The fraction of sp³-hybridized carbons (Fsp3) is 0.571. The largest absolute Gasteiger partial charge is 0.480 e. The van der Waals surface area contributed by atoms with Gasteiger partial charge < -0.3 is 10.4 Å². The number of carbonyl (C=O) groups excluding carboxylic acids is 1. The Morgan fingerprint density at radius 2 is 2.21 bits per heavy atom. The van der Waals surface area contributed by atoms with Crippen LogP contribution in [0, 0.1) is 5.92 Å². The molecule has 0 radical (unpaired) electrons. The Morgan fingerprint density at radius 3 is 2.84 bits per heavy atom. The second kappa shape index (κ2) is 5.74. The summed E-state index contributed by atoms with van der Waals surface area (Å²) in [6.07, 6.45) is 2.83. The van der Waals surface area contributed by atoms with E-state index in [2.05, 4.69) is 5.32 Å². The second-order valence-electron chi connectivity index (χ2n) is 5.31. The first-order valence-corrected chi connectivity index (χ1v) is 7.48. The lowest BCUT2D eigenvalue weighted by Crippen LogP contribution is -2.46. The van der Waals surface area contributed by atoms with Crippen LogP contribution >= 0.6 is 11.3 Å². The van der Waals surface area contributed by atoms with Gasteiger partial charge in [0.25, 0.3) is 0 Å². The summed E-state index contributed by atoms with van der Waals surface area (Å²) in [6.45, 7) is 3.60. The average Bonchev–Trinajstić information content (AvgIpc) is 2.82. The van der Waals surface area contributed by atoms with E-state index in [1.807, 2.05) is 11.4 Å². The third-order valence-electron chi connectivity index (χ3n) is 3.60. The van der Waals surface area contributed by atoms with Crippen LogP contribution in [0.3, 0.4) is 0 Å². The van der Waals surface area contributed by atoms with E-state index in [0.29, 0.717) is 0 Å². The van der Waals surface area contributed by atoms with E-state index in [9.17, 15) is 9.59 Å². The lowest BCUT2D eigenvalue weighted by molar-refractivity contribution is -0.143. The molecule has 0 aliphatic heterocycles. The molecule has 19 heavy (non-hydrogen) atoms. The molecule has 1 aromatic rings. The molecule has 1 amide bonds. The van der Waals surface area contributed by atoms with Crippen LogP contribution < -0.4 is 5.32 Å². The van der Waals surface area contributed by atoms with Gasteiger partial charge in [0.2, 0.25) is 5.91 Å². The summed E-state index contributed by atoms with van der Waals surface area (Å²) in [5.41, 5.74) is 1.08. The molecular formula is C14H19NO3S. The number of hydrogen-bond donors (Lipinski definition) is 2. The molecule has 1 aromatic heterocycles. The summed E-state index contributed by atoms with van der Waals surface area (Å²) in [7, 11) is 0. The maximum absolute atomic E-state index is 12.3. The van der Waals surface area contributed by atoms with Gasteiger partial charge in [-0.15, -0.1) is 11.3 Å². The van der Waals surface area contributed by atoms with Crippen molar-refractivity contribution in [3.63, 3.8) is 0 Å². The molecule has 2 atom stereocenters. The van der Waals surface area contributed by atoms with Gasteiger partial charge >= 0.3 is 5.97 Å². The van der Waals surface area contributed by atoms with Gasteiger partial charge in [0.1, 0.15) is 6.04 Å². The van der Waals surface area contributed by atoms with Crippen molar-refractivity contribution in [3.05, 3.63) is 21.9 Å². The third-order valence-corrected chi connectivity index (χ3v) is 4.60. The highest BCUT2D eigenvalue weighted by molar-refractivity contribution is 7.10. The molecule has 1 aliphatic carbocycles. The zero-order valence-corrected chi connectivity index (χ0v) is 12.0. The number of hydrogen-bond acceptors (Lipinski definition) is 3. The SMILES string of the molecule is CC(C)[C@@H](NC(=O)C1CCCc2sccc21)C(=O)O. The third kappa shape index (κ3) is 2.97. The standard InChI is InChI=1S/C14H19NO3S/c1-8(2)12(14(17)18)15-13(16)10-4-3-5-11-9(10)6-7-19-11/h6-8,10,12H,3-5H2,1-2H3,(H,15,16)(H,17,18)/t10?,12-/m1/s1. The van der Waals surface area contributed by atoms with E-state index in [1.165, 1.54) is 4.88 Å². The van der Waals surface area contributed by atoms with Crippen LogP contribution in [-0.2, 0) is 16.0 Å². The van der Waals surface area contributed by atoms with Crippen molar-refractivity contribution in [1.82, 2.24) is 5.32 Å². The van der Waals surface area contributed by atoms with Crippen LogP contribution in [0.1, 0.15) is 43.0 Å². The number of nitrogens with one attached hydrogen (secondary N) is 1. The van der Waals surface area contributed by atoms with Crippen LogP contribution in [0.15, 0.2) is 11.4 Å². The molecule has 0 saturated carbocycles. The number of aryl methyl sites for hydroxylation is 1. The molecule has 104 valence electrons. The Balaban J connectivity index is 2.11. The number of aliphatic carboxylic acids is 1. The van der Waals surface area contributed by atoms with Gasteiger partial charge in [-0.1, -0.05) is 13.8 Å². The van der Waals surface area contributed by atoms with Crippen molar-refractivity contribution >= 4 is 23.2 Å². The molecular weight excluding hydrogens is 262 g/mol. The number of amides is 1. The first kappa shape index (κ1) is 14.1. The van der Waals surface area contributed by atoms with E-state index in [1.54, 1.807) is 25.2 Å². The van der Waals surface area contributed by atoms with E-state index in [-0.39, 0.29) is 17.7 Å². The maximum atomic E-state index is 12.3. The molecule has 4 nitrogen and oxygen atoms in total. The Morgan fingerprint density at radius 1 is 1.47 bits per heavy atom. The zero-order valence-electron chi connectivity index (χ0n) is 11.2. The van der Waals surface area contributed by atoms with E-state index in [0.717, 1.165) is 24.8 Å². The van der Waals surface area contributed by atoms with Crippen LogP contribution in [0.2, 0.25) is 0 Å². The minimum absolute atomic E-state index is 0.119. The average molecular weight is 281 g/mol.